The van der Waals surface area contributed by atoms with Gasteiger partial charge in [-0.1, -0.05) is 24.3 Å². The zero-order chi connectivity index (χ0) is 14.5. The Morgan fingerprint density at radius 1 is 1.20 bits per heavy atom. The van der Waals surface area contributed by atoms with Crippen LogP contribution in [-0.4, -0.2) is 7.11 Å². The molecule has 20 heavy (non-hydrogen) atoms. The summed E-state index contributed by atoms with van der Waals surface area (Å²) in [6, 6.07) is 12.7. The molecule has 2 rings (SSSR count). The summed E-state index contributed by atoms with van der Waals surface area (Å²) in [7, 11) is 1.64. The highest BCUT2D eigenvalue weighted by Gasteiger charge is 2.13. The molecule has 0 amide bonds. The summed E-state index contributed by atoms with van der Waals surface area (Å²) in [5.74, 6) is 0.561. The molecule has 1 unspecified atom stereocenters. The second-order valence-corrected chi connectivity index (χ2v) is 5.49. The quantitative estimate of drug-likeness (QED) is 0.886. The van der Waals surface area contributed by atoms with Crippen molar-refractivity contribution in [2.75, 3.05) is 7.11 Å². The lowest BCUT2D eigenvalue weighted by Gasteiger charge is -2.14. The van der Waals surface area contributed by atoms with Crippen LogP contribution in [0.1, 0.15) is 23.6 Å². The van der Waals surface area contributed by atoms with Crippen molar-refractivity contribution < 1.29 is 9.13 Å². The molecule has 1 atom stereocenters. The van der Waals surface area contributed by atoms with Gasteiger partial charge in [0.25, 0.3) is 0 Å². The number of benzene rings is 2. The summed E-state index contributed by atoms with van der Waals surface area (Å²) < 4.78 is 19.5. The second kappa shape index (κ2) is 6.86. The normalized spacial score (nSPS) is 12.2. The van der Waals surface area contributed by atoms with Gasteiger partial charge in [0.05, 0.1) is 11.6 Å². The van der Waals surface area contributed by atoms with E-state index in [1.807, 2.05) is 24.3 Å². The zero-order valence-electron chi connectivity index (χ0n) is 11.3. The van der Waals surface area contributed by atoms with Gasteiger partial charge in [0.15, 0.2) is 0 Å². The number of hydrogen-bond donors (Lipinski definition) is 1. The van der Waals surface area contributed by atoms with Crippen LogP contribution in [0, 0.1) is 5.82 Å². The van der Waals surface area contributed by atoms with Gasteiger partial charge in [0, 0.05) is 11.6 Å². The fraction of sp³-hybridized carbons (Fsp3) is 0.250. The second-order valence-electron chi connectivity index (χ2n) is 4.64. The Bertz CT molecular complexity index is 571. The van der Waals surface area contributed by atoms with E-state index in [0.717, 1.165) is 17.7 Å². The first kappa shape index (κ1) is 15.0. The number of aryl methyl sites for hydroxylation is 1. The highest BCUT2D eigenvalue weighted by atomic mass is 79.9. The number of rotatable bonds is 5. The van der Waals surface area contributed by atoms with Gasteiger partial charge in [0.1, 0.15) is 11.6 Å². The van der Waals surface area contributed by atoms with Crippen LogP contribution in [0.4, 0.5) is 4.39 Å². The fourth-order valence-electron chi connectivity index (χ4n) is 2.08. The van der Waals surface area contributed by atoms with Gasteiger partial charge in [0.2, 0.25) is 0 Å². The van der Waals surface area contributed by atoms with E-state index in [1.165, 1.54) is 0 Å². The highest BCUT2D eigenvalue weighted by Crippen LogP contribution is 2.25. The first-order valence-electron chi connectivity index (χ1n) is 6.44. The van der Waals surface area contributed by atoms with Gasteiger partial charge in [-0.2, -0.15) is 0 Å². The molecule has 0 aromatic heterocycles. The molecule has 0 aliphatic heterocycles. The molecule has 2 nitrogen and oxygen atoms in total. The van der Waals surface area contributed by atoms with Crippen molar-refractivity contribution in [1.82, 2.24) is 0 Å². The largest absolute Gasteiger partial charge is 0.497 e. The Kier molecular flexibility index (Phi) is 5.15. The molecular weight excluding hydrogens is 321 g/mol. The SMILES string of the molecule is COc1ccc(CCC(N)c2cccc(Br)c2F)cc1. The molecule has 0 saturated heterocycles. The Balaban J connectivity index is 2.00. The van der Waals surface area contributed by atoms with Crippen molar-refractivity contribution in [3.63, 3.8) is 0 Å². The molecule has 2 aromatic rings. The molecule has 2 aromatic carbocycles. The maximum Gasteiger partial charge on any atom is 0.142 e. The first-order chi connectivity index (χ1) is 9.61. The van der Waals surface area contributed by atoms with Crippen molar-refractivity contribution in [2.24, 2.45) is 5.73 Å². The van der Waals surface area contributed by atoms with E-state index in [0.29, 0.717) is 16.5 Å². The van der Waals surface area contributed by atoms with Crippen molar-refractivity contribution in [1.29, 1.82) is 0 Å². The first-order valence-corrected chi connectivity index (χ1v) is 7.23. The summed E-state index contributed by atoms with van der Waals surface area (Å²) in [5, 5.41) is 0. The van der Waals surface area contributed by atoms with Crippen LogP contribution >= 0.6 is 15.9 Å². The third-order valence-corrected chi connectivity index (χ3v) is 3.90. The summed E-state index contributed by atoms with van der Waals surface area (Å²) in [6.45, 7) is 0. The van der Waals surface area contributed by atoms with Gasteiger partial charge in [-0.3, -0.25) is 0 Å². The Hall–Kier alpha value is -1.39. The molecule has 0 bridgehead atoms. The maximum absolute atomic E-state index is 13.9. The van der Waals surface area contributed by atoms with Gasteiger partial charge >= 0.3 is 0 Å². The average Bonchev–Trinajstić information content (AvgIpc) is 2.48. The van der Waals surface area contributed by atoms with Crippen molar-refractivity contribution in [2.45, 2.75) is 18.9 Å². The van der Waals surface area contributed by atoms with Crippen LogP contribution in [0.3, 0.4) is 0 Å². The number of ether oxygens (including phenoxy) is 1. The van der Waals surface area contributed by atoms with Gasteiger partial charge < -0.3 is 10.5 Å². The van der Waals surface area contributed by atoms with E-state index in [9.17, 15) is 4.39 Å². The van der Waals surface area contributed by atoms with Crippen molar-refractivity contribution in [3.05, 3.63) is 63.9 Å². The molecule has 0 aliphatic carbocycles. The minimum Gasteiger partial charge on any atom is -0.497 e. The molecule has 0 aliphatic rings. The van der Waals surface area contributed by atoms with Crippen molar-refractivity contribution >= 4 is 15.9 Å². The molecule has 4 heteroatoms. The number of halogens is 2. The van der Waals surface area contributed by atoms with E-state index in [-0.39, 0.29) is 11.9 Å². The summed E-state index contributed by atoms with van der Waals surface area (Å²) in [5.41, 5.74) is 7.80. The van der Waals surface area contributed by atoms with Gasteiger partial charge in [-0.05, 0) is 52.5 Å². The summed E-state index contributed by atoms with van der Waals surface area (Å²) in [4.78, 5) is 0. The Morgan fingerprint density at radius 2 is 1.90 bits per heavy atom. The molecule has 0 saturated carbocycles. The van der Waals surface area contributed by atoms with Crippen LogP contribution in [0.25, 0.3) is 0 Å². The molecule has 0 spiro atoms. The summed E-state index contributed by atoms with van der Waals surface area (Å²) >= 11 is 3.18. The molecule has 106 valence electrons. The predicted molar refractivity (Wildman–Crippen MR) is 82.3 cm³/mol. The van der Waals surface area contributed by atoms with Crippen LogP contribution in [0.15, 0.2) is 46.9 Å². The standard InChI is InChI=1S/C16H17BrFNO/c1-20-12-8-5-11(6-9-12)7-10-15(19)13-3-2-4-14(17)16(13)18/h2-6,8-9,15H,7,10,19H2,1H3. The topological polar surface area (TPSA) is 35.2 Å². The molecule has 0 radical (unpaired) electrons. The third kappa shape index (κ3) is 3.58. The smallest absolute Gasteiger partial charge is 0.142 e. The van der Waals surface area contributed by atoms with E-state index >= 15 is 0 Å². The maximum atomic E-state index is 13.9. The van der Waals surface area contributed by atoms with Gasteiger partial charge in [-0.15, -0.1) is 0 Å². The average molecular weight is 338 g/mol. The zero-order valence-corrected chi connectivity index (χ0v) is 12.9. The lowest BCUT2D eigenvalue weighted by molar-refractivity contribution is 0.414. The monoisotopic (exact) mass is 337 g/mol. The van der Waals surface area contributed by atoms with Crippen LogP contribution in [-0.2, 0) is 6.42 Å². The summed E-state index contributed by atoms with van der Waals surface area (Å²) in [6.07, 6.45) is 1.50. The Morgan fingerprint density at radius 3 is 2.55 bits per heavy atom. The molecule has 0 heterocycles. The van der Waals surface area contributed by atoms with E-state index < -0.39 is 0 Å². The lowest BCUT2D eigenvalue weighted by Crippen LogP contribution is -2.13. The minimum atomic E-state index is -0.311. The lowest BCUT2D eigenvalue weighted by atomic mass is 9.99. The Labute approximate surface area is 126 Å². The number of nitrogens with two attached hydrogens (primary N) is 1. The van der Waals surface area contributed by atoms with E-state index in [4.69, 9.17) is 10.5 Å². The van der Waals surface area contributed by atoms with Crippen molar-refractivity contribution in [3.8, 4) is 5.75 Å². The minimum absolute atomic E-state index is 0.269. The molecule has 0 fully saturated rings. The van der Waals surface area contributed by atoms with Gasteiger partial charge in [-0.25, -0.2) is 4.39 Å². The third-order valence-electron chi connectivity index (χ3n) is 3.28. The molecule has 2 N–H and O–H groups in total. The van der Waals surface area contributed by atoms with Crippen LogP contribution < -0.4 is 10.5 Å². The van der Waals surface area contributed by atoms with Crippen LogP contribution in [0.2, 0.25) is 0 Å². The highest BCUT2D eigenvalue weighted by molar-refractivity contribution is 9.10. The van der Waals surface area contributed by atoms with E-state index in [1.54, 1.807) is 25.3 Å². The number of hydrogen-bond acceptors (Lipinski definition) is 2. The molecular formula is C16H17BrFNO. The predicted octanol–water partition coefficient (Wildman–Crippen LogP) is 4.23. The fourth-order valence-corrected chi connectivity index (χ4v) is 2.46. The van der Waals surface area contributed by atoms with Crippen LogP contribution in [0.5, 0.6) is 5.75 Å². The van der Waals surface area contributed by atoms with E-state index in [2.05, 4.69) is 15.9 Å². The number of methoxy groups -OCH3 is 1.